The smallest absolute Gasteiger partial charge is 0.244 e. The number of carbonyl (C=O) groups is 2. The summed E-state index contributed by atoms with van der Waals surface area (Å²) in [5.41, 5.74) is 2.19. The Balaban J connectivity index is 1.91. The van der Waals surface area contributed by atoms with Gasteiger partial charge >= 0.3 is 0 Å². The third-order valence-corrected chi connectivity index (χ3v) is 7.28. The second-order valence-corrected chi connectivity index (χ2v) is 11.0. The molecule has 2 amide bonds. The van der Waals surface area contributed by atoms with Crippen molar-refractivity contribution < 1.29 is 27.5 Å². The molecule has 1 heterocycles. The van der Waals surface area contributed by atoms with Crippen LogP contribution in [0.1, 0.15) is 38.3 Å². The van der Waals surface area contributed by atoms with Crippen molar-refractivity contribution in [2.75, 3.05) is 30.3 Å². The maximum Gasteiger partial charge on any atom is 0.244 e. The van der Waals surface area contributed by atoms with Gasteiger partial charge in [0.1, 0.15) is 25.8 Å². The van der Waals surface area contributed by atoms with Gasteiger partial charge in [-0.05, 0) is 44.9 Å². The fourth-order valence-corrected chi connectivity index (χ4v) is 4.58. The molecule has 1 N–H and O–H groups in total. The molecule has 3 rings (SSSR count). The largest absolute Gasteiger partial charge is 0.486 e. The van der Waals surface area contributed by atoms with Crippen molar-refractivity contribution in [2.24, 2.45) is 0 Å². The maximum atomic E-state index is 13.6. The van der Waals surface area contributed by atoms with E-state index in [1.807, 2.05) is 45.0 Å². The first-order chi connectivity index (χ1) is 17.0. The number of nitrogens with one attached hydrogen (secondary N) is 1. The Morgan fingerprint density at radius 3 is 2.28 bits per heavy atom. The first-order valence-corrected chi connectivity index (χ1v) is 13.9. The number of nitrogens with zero attached hydrogens (tertiary/aromatic N) is 2. The van der Waals surface area contributed by atoms with Gasteiger partial charge in [0.25, 0.3) is 0 Å². The van der Waals surface area contributed by atoms with Gasteiger partial charge in [0, 0.05) is 18.7 Å². The highest BCUT2D eigenvalue weighted by Crippen LogP contribution is 2.34. The zero-order valence-electron chi connectivity index (χ0n) is 21.5. The molecule has 0 fully saturated rings. The van der Waals surface area contributed by atoms with Crippen LogP contribution in [0.4, 0.5) is 5.69 Å². The summed E-state index contributed by atoms with van der Waals surface area (Å²) in [6, 6.07) is 11.5. The molecular formula is C26H35N3O6S. The van der Waals surface area contributed by atoms with Crippen LogP contribution in [0.3, 0.4) is 0 Å². The summed E-state index contributed by atoms with van der Waals surface area (Å²) in [5, 5.41) is 2.91. The van der Waals surface area contributed by atoms with Gasteiger partial charge in [-0.3, -0.25) is 13.9 Å². The topological polar surface area (TPSA) is 105 Å². The molecule has 2 aromatic rings. The lowest BCUT2D eigenvalue weighted by Gasteiger charge is -2.32. The van der Waals surface area contributed by atoms with E-state index in [-0.39, 0.29) is 24.2 Å². The van der Waals surface area contributed by atoms with Gasteiger partial charge in [0.15, 0.2) is 11.5 Å². The minimum atomic E-state index is -3.83. The number of amides is 2. The minimum Gasteiger partial charge on any atom is -0.486 e. The van der Waals surface area contributed by atoms with E-state index >= 15 is 0 Å². The van der Waals surface area contributed by atoms with Gasteiger partial charge in [-0.2, -0.15) is 0 Å². The van der Waals surface area contributed by atoms with Gasteiger partial charge in [-0.25, -0.2) is 8.42 Å². The molecular weight excluding hydrogens is 482 g/mol. The zero-order valence-corrected chi connectivity index (χ0v) is 22.3. The third-order valence-electron chi connectivity index (χ3n) is 6.13. The number of hydrogen-bond donors (Lipinski definition) is 1. The summed E-state index contributed by atoms with van der Waals surface area (Å²) in [7, 11) is -3.83. The third kappa shape index (κ3) is 6.90. The molecule has 196 valence electrons. The predicted octanol–water partition coefficient (Wildman–Crippen LogP) is 2.86. The highest BCUT2D eigenvalue weighted by molar-refractivity contribution is 7.92. The van der Waals surface area contributed by atoms with Crippen LogP contribution in [-0.2, 0) is 26.2 Å². The van der Waals surface area contributed by atoms with Crippen LogP contribution >= 0.6 is 0 Å². The van der Waals surface area contributed by atoms with Crippen molar-refractivity contribution >= 4 is 27.5 Å². The van der Waals surface area contributed by atoms with Gasteiger partial charge in [-0.15, -0.1) is 0 Å². The Labute approximate surface area is 213 Å². The van der Waals surface area contributed by atoms with Crippen LogP contribution in [0.25, 0.3) is 0 Å². The fraction of sp³-hybridized carbons (Fsp3) is 0.462. The molecule has 9 nitrogen and oxygen atoms in total. The monoisotopic (exact) mass is 517 g/mol. The normalized spacial score (nSPS) is 14.5. The average molecular weight is 518 g/mol. The lowest BCUT2D eigenvalue weighted by molar-refractivity contribution is -0.139. The van der Waals surface area contributed by atoms with E-state index in [1.165, 1.54) is 4.90 Å². The SMILES string of the molecule is CC[C@H](C)NC(=O)[C@@H](C)N(Cc1ccc(C)cc1)C(=O)CN(c1ccc2c(c1)OCCO2)S(C)(=O)=O. The first kappa shape index (κ1) is 27.3. The van der Waals surface area contributed by atoms with Crippen LogP contribution in [0, 0.1) is 6.92 Å². The van der Waals surface area contributed by atoms with Gasteiger partial charge in [0.05, 0.1) is 11.9 Å². The van der Waals surface area contributed by atoms with Crippen LogP contribution in [0.5, 0.6) is 11.5 Å². The van der Waals surface area contributed by atoms with Crippen molar-refractivity contribution in [3.8, 4) is 11.5 Å². The van der Waals surface area contributed by atoms with Gasteiger partial charge in [-0.1, -0.05) is 36.8 Å². The summed E-state index contributed by atoms with van der Waals surface area (Å²) < 4.78 is 37.6. The zero-order chi connectivity index (χ0) is 26.5. The van der Waals surface area contributed by atoms with Crippen LogP contribution in [0.2, 0.25) is 0 Å². The molecule has 1 aliphatic heterocycles. The second kappa shape index (κ2) is 11.6. The van der Waals surface area contributed by atoms with Crippen LogP contribution < -0.4 is 19.1 Å². The van der Waals surface area contributed by atoms with Gasteiger partial charge in [0.2, 0.25) is 21.8 Å². The molecule has 0 saturated heterocycles. The van der Waals surface area contributed by atoms with Crippen LogP contribution in [0.15, 0.2) is 42.5 Å². The summed E-state index contributed by atoms with van der Waals surface area (Å²) in [5.74, 6) is 0.136. The number of rotatable bonds is 10. The van der Waals surface area contributed by atoms with Gasteiger partial charge < -0.3 is 19.7 Å². The predicted molar refractivity (Wildman–Crippen MR) is 139 cm³/mol. The van der Waals surface area contributed by atoms with E-state index in [0.29, 0.717) is 24.7 Å². The maximum absolute atomic E-state index is 13.6. The van der Waals surface area contributed by atoms with E-state index in [4.69, 9.17) is 9.47 Å². The highest BCUT2D eigenvalue weighted by atomic mass is 32.2. The summed E-state index contributed by atoms with van der Waals surface area (Å²) in [4.78, 5) is 28.0. The van der Waals surface area contributed by atoms with E-state index in [2.05, 4.69) is 5.32 Å². The number of carbonyl (C=O) groups excluding carboxylic acids is 2. The molecule has 36 heavy (non-hydrogen) atoms. The lowest BCUT2D eigenvalue weighted by Crippen LogP contribution is -2.52. The first-order valence-electron chi connectivity index (χ1n) is 12.0. The quantitative estimate of drug-likeness (QED) is 0.520. The summed E-state index contributed by atoms with van der Waals surface area (Å²) in [6.45, 7) is 7.92. The number of fused-ring (bicyclic) bond motifs is 1. The second-order valence-electron chi connectivity index (χ2n) is 9.10. The molecule has 0 radical (unpaired) electrons. The fourth-order valence-electron chi connectivity index (χ4n) is 3.74. The summed E-state index contributed by atoms with van der Waals surface area (Å²) >= 11 is 0. The average Bonchev–Trinajstić information content (AvgIpc) is 2.85. The number of anilines is 1. The Morgan fingerprint density at radius 1 is 1.03 bits per heavy atom. The molecule has 2 atom stereocenters. The molecule has 0 saturated carbocycles. The molecule has 10 heteroatoms. The lowest BCUT2D eigenvalue weighted by atomic mass is 10.1. The molecule has 1 aliphatic rings. The van der Waals surface area contributed by atoms with E-state index in [1.54, 1.807) is 25.1 Å². The number of sulfonamides is 1. The number of benzene rings is 2. The molecule has 0 bridgehead atoms. The molecule has 0 aromatic heterocycles. The number of hydrogen-bond acceptors (Lipinski definition) is 6. The Morgan fingerprint density at radius 2 is 1.67 bits per heavy atom. The van der Waals surface area contributed by atoms with Crippen molar-refractivity contribution in [1.29, 1.82) is 0 Å². The molecule has 0 spiro atoms. The van der Waals surface area contributed by atoms with Crippen molar-refractivity contribution in [3.05, 3.63) is 53.6 Å². The number of ether oxygens (including phenoxy) is 2. The standard InChI is InChI=1S/C26H35N3O6S/c1-6-19(3)27-26(31)20(4)28(16-21-9-7-18(2)8-10-21)25(30)17-29(36(5,32)33)22-11-12-23-24(15-22)35-14-13-34-23/h7-12,15,19-20H,6,13-14,16-17H2,1-5H3,(H,27,31)/t19-,20+/m0/s1. The Bertz CT molecular complexity index is 1180. The Hall–Kier alpha value is -3.27. The van der Waals surface area contributed by atoms with E-state index in [9.17, 15) is 18.0 Å². The Kier molecular flexibility index (Phi) is 8.84. The summed E-state index contributed by atoms with van der Waals surface area (Å²) in [6.07, 6.45) is 1.79. The van der Waals surface area contributed by atoms with Crippen molar-refractivity contribution in [1.82, 2.24) is 10.2 Å². The molecule has 0 aliphatic carbocycles. The van der Waals surface area contributed by atoms with E-state index < -0.39 is 28.5 Å². The van der Waals surface area contributed by atoms with Crippen molar-refractivity contribution in [2.45, 2.75) is 52.7 Å². The van der Waals surface area contributed by atoms with Crippen molar-refractivity contribution in [3.63, 3.8) is 0 Å². The number of aryl methyl sites for hydroxylation is 1. The van der Waals surface area contributed by atoms with E-state index in [0.717, 1.165) is 28.1 Å². The highest BCUT2D eigenvalue weighted by Gasteiger charge is 2.31. The molecule has 0 unspecified atom stereocenters. The minimum absolute atomic E-state index is 0.0542. The van der Waals surface area contributed by atoms with Crippen LogP contribution in [-0.4, -0.2) is 63.2 Å². The molecule has 2 aromatic carbocycles.